The molecule has 9 nitrogen and oxygen atoms in total. The number of hydrogen-bond acceptors (Lipinski definition) is 6. The van der Waals surface area contributed by atoms with Crippen LogP contribution in [0.25, 0.3) is 0 Å². The number of amides is 3. The first-order chi connectivity index (χ1) is 16.0. The molecule has 0 saturated carbocycles. The van der Waals surface area contributed by atoms with Crippen LogP contribution in [0, 0.1) is 6.92 Å². The molecule has 1 unspecified atom stereocenters. The molecule has 3 N–H and O–H groups in total. The second-order valence-electron chi connectivity index (χ2n) is 7.62. The highest BCUT2D eigenvalue weighted by Crippen LogP contribution is 2.27. The smallest absolute Gasteiger partial charge is 0.262 e. The van der Waals surface area contributed by atoms with Crippen LogP contribution in [0.4, 0.5) is 5.69 Å². The number of aryl methyl sites for hydroxylation is 1. The maximum absolute atomic E-state index is 12.3. The van der Waals surface area contributed by atoms with Crippen LogP contribution in [0.15, 0.2) is 42.5 Å². The van der Waals surface area contributed by atoms with E-state index in [0.717, 1.165) is 18.4 Å². The van der Waals surface area contributed by atoms with Gasteiger partial charge in [-0.25, -0.2) is 0 Å². The second-order valence-corrected chi connectivity index (χ2v) is 7.62. The number of carbonyl (C=O) groups excluding carboxylic acids is 3. The van der Waals surface area contributed by atoms with Crippen LogP contribution in [0.1, 0.15) is 28.8 Å². The summed E-state index contributed by atoms with van der Waals surface area (Å²) >= 11 is 0. The van der Waals surface area contributed by atoms with Crippen molar-refractivity contribution in [2.45, 2.75) is 25.9 Å². The number of rotatable bonds is 10. The van der Waals surface area contributed by atoms with Crippen LogP contribution in [0.5, 0.6) is 11.5 Å². The van der Waals surface area contributed by atoms with Gasteiger partial charge in [0.05, 0.1) is 7.11 Å². The van der Waals surface area contributed by atoms with Gasteiger partial charge in [-0.1, -0.05) is 6.07 Å². The molecule has 2 aromatic rings. The fourth-order valence-corrected chi connectivity index (χ4v) is 3.30. The van der Waals surface area contributed by atoms with Crippen LogP contribution in [0.2, 0.25) is 0 Å². The van der Waals surface area contributed by atoms with Gasteiger partial charge in [-0.3, -0.25) is 14.4 Å². The SMILES string of the molecule is COc1cc(C)ccc1OCC(=O)Nc1ccc(C(=O)NCCNC(=O)C2CCCO2)cc1. The van der Waals surface area contributed by atoms with Crippen molar-refractivity contribution in [1.29, 1.82) is 0 Å². The Labute approximate surface area is 192 Å². The summed E-state index contributed by atoms with van der Waals surface area (Å²) in [7, 11) is 1.54. The van der Waals surface area contributed by atoms with E-state index in [1.807, 2.05) is 19.1 Å². The Morgan fingerprint density at radius 3 is 2.48 bits per heavy atom. The molecule has 176 valence electrons. The third kappa shape index (κ3) is 7.21. The summed E-state index contributed by atoms with van der Waals surface area (Å²) < 4.78 is 16.1. The van der Waals surface area contributed by atoms with E-state index >= 15 is 0 Å². The molecule has 1 heterocycles. The van der Waals surface area contributed by atoms with Crippen molar-refractivity contribution in [3.8, 4) is 11.5 Å². The monoisotopic (exact) mass is 455 g/mol. The molecule has 0 aromatic heterocycles. The molecule has 3 amide bonds. The van der Waals surface area contributed by atoms with Gasteiger partial charge < -0.3 is 30.2 Å². The number of benzene rings is 2. The lowest BCUT2D eigenvalue weighted by molar-refractivity contribution is -0.130. The molecule has 33 heavy (non-hydrogen) atoms. The number of methoxy groups -OCH3 is 1. The molecule has 0 aliphatic carbocycles. The van der Waals surface area contributed by atoms with E-state index in [-0.39, 0.29) is 30.4 Å². The minimum atomic E-state index is -0.382. The van der Waals surface area contributed by atoms with Gasteiger partial charge in [0.2, 0.25) is 5.91 Å². The second kappa shape index (κ2) is 11.9. The zero-order valence-electron chi connectivity index (χ0n) is 18.8. The first-order valence-corrected chi connectivity index (χ1v) is 10.8. The lowest BCUT2D eigenvalue weighted by Crippen LogP contribution is -2.39. The molecule has 0 bridgehead atoms. The lowest BCUT2D eigenvalue weighted by atomic mass is 10.2. The van der Waals surface area contributed by atoms with E-state index < -0.39 is 0 Å². The van der Waals surface area contributed by atoms with Gasteiger partial charge >= 0.3 is 0 Å². The van der Waals surface area contributed by atoms with Crippen molar-refractivity contribution in [3.05, 3.63) is 53.6 Å². The normalized spacial score (nSPS) is 14.9. The van der Waals surface area contributed by atoms with E-state index in [0.29, 0.717) is 42.4 Å². The predicted octanol–water partition coefficient (Wildman–Crippen LogP) is 2.05. The maximum Gasteiger partial charge on any atom is 0.262 e. The lowest BCUT2D eigenvalue weighted by Gasteiger charge is -2.12. The number of anilines is 1. The van der Waals surface area contributed by atoms with Crippen LogP contribution in [0.3, 0.4) is 0 Å². The molecule has 1 aliphatic rings. The van der Waals surface area contributed by atoms with Crippen molar-refractivity contribution in [1.82, 2.24) is 10.6 Å². The van der Waals surface area contributed by atoms with Gasteiger partial charge in [-0.2, -0.15) is 0 Å². The average Bonchev–Trinajstić information content (AvgIpc) is 3.36. The van der Waals surface area contributed by atoms with Crippen molar-refractivity contribution in [2.24, 2.45) is 0 Å². The zero-order chi connectivity index (χ0) is 23.6. The van der Waals surface area contributed by atoms with Crippen molar-refractivity contribution in [3.63, 3.8) is 0 Å². The van der Waals surface area contributed by atoms with Gasteiger partial charge in [-0.15, -0.1) is 0 Å². The molecule has 3 rings (SSSR count). The van der Waals surface area contributed by atoms with Crippen molar-refractivity contribution >= 4 is 23.4 Å². The van der Waals surface area contributed by atoms with Crippen LogP contribution in [-0.2, 0) is 14.3 Å². The van der Waals surface area contributed by atoms with Gasteiger partial charge in [0, 0.05) is 30.9 Å². The van der Waals surface area contributed by atoms with E-state index in [1.165, 1.54) is 0 Å². The maximum atomic E-state index is 12.3. The van der Waals surface area contributed by atoms with Gasteiger partial charge in [0.15, 0.2) is 18.1 Å². The Bertz CT molecular complexity index is 971. The molecular formula is C24H29N3O6. The van der Waals surface area contributed by atoms with Gasteiger partial charge in [-0.05, 0) is 61.7 Å². The first kappa shape index (κ1) is 24.1. The van der Waals surface area contributed by atoms with E-state index in [9.17, 15) is 14.4 Å². The molecule has 2 aromatic carbocycles. The molecule has 1 aliphatic heterocycles. The Hall–Kier alpha value is -3.59. The quantitative estimate of drug-likeness (QED) is 0.473. The molecule has 1 saturated heterocycles. The van der Waals surface area contributed by atoms with Crippen molar-refractivity contribution < 1.29 is 28.6 Å². The predicted molar refractivity (Wildman–Crippen MR) is 123 cm³/mol. The van der Waals surface area contributed by atoms with E-state index in [2.05, 4.69) is 16.0 Å². The molecule has 1 fully saturated rings. The summed E-state index contributed by atoms with van der Waals surface area (Å²) in [6.45, 7) is 2.99. The molecule has 1 atom stereocenters. The number of hydrogen-bond donors (Lipinski definition) is 3. The Morgan fingerprint density at radius 1 is 1.03 bits per heavy atom. The number of carbonyl (C=O) groups is 3. The van der Waals surface area contributed by atoms with Crippen LogP contribution < -0.4 is 25.4 Å². The highest BCUT2D eigenvalue weighted by Gasteiger charge is 2.22. The fourth-order valence-electron chi connectivity index (χ4n) is 3.30. The highest BCUT2D eigenvalue weighted by molar-refractivity contribution is 5.96. The summed E-state index contributed by atoms with van der Waals surface area (Å²) in [5.74, 6) is 0.291. The Morgan fingerprint density at radius 2 is 1.79 bits per heavy atom. The van der Waals surface area contributed by atoms with E-state index in [4.69, 9.17) is 14.2 Å². The fraction of sp³-hybridized carbons (Fsp3) is 0.375. The summed E-state index contributed by atoms with van der Waals surface area (Å²) in [5, 5.41) is 8.22. The zero-order valence-corrected chi connectivity index (χ0v) is 18.8. The number of nitrogens with one attached hydrogen (secondary N) is 3. The Balaban J connectivity index is 1.39. The first-order valence-electron chi connectivity index (χ1n) is 10.8. The molecular weight excluding hydrogens is 426 g/mol. The van der Waals surface area contributed by atoms with Crippen molar-refractivity contribution in [2.75, 3.05) is 38.7 Å². The third-order valence-electron chi connectivity index (χ3n) is 5.04. The topological polar surface area (TPSA) is 115 Å². The molecule has 9 heteroatoms. The summed E-state index contributed by atoms with van der Waals surface area (Å²) in [6.07, 6.45) is 1.24. The minimum absolute atomic E-state index is 0.147. The molecule has 0 radical (unpaired) electrons. The summed E-state index contributed by atoms with van der Waals surface area (Å²) in [5.41, 5.74) is 2.01. The summed E-state index contributed by atoms with van der Waals surface area (Å²) in [6, 6.07) is 12.0. The van der Waals surface area contributed by atoms with Crippen LogP contribution >= 0.6 is 0 Å². The van der Waals surface area contributed by atoms with Gasteiger partial charge in [0.1, 0.15) is 6.10 Å². The van der Waals surface area contributed by atoms with Crippen LogP contribution in [-0.4, -0.2) is 57.2 Å². The molecule has 0 spiro atoms. The largest absolute Gasteiger partial charge is 0.493 e. The average molecular weight is 456 g/mol. The Kier molecular flexibility index (Phi) is 8.65. The minimum Gasteiger partial charge on any atom is -0.493 e. The summed E-state index contributed by atoms with van der Waals surface area (Å²) in [4.78, 5) is 36.3. The van der Waals surface area contributed by atoms with E-state index in [1.54, 1.807) is 37.4 Å². The number of ether oxygens (including phenoxy) is 3. The van der Waals surface area contributed by atoms with Gasteiger partial charge in [0.25, 0.3) is 11.8 Å². The standard InChI is InChI=1S/C24H29N3O6/c1-16-5-10-19(21(14-16)31-2)33-15-22(28)27-18-8-6-17(7-9-18)23(29)25-11-12-26-24(30)20-4-3-13-32-20/h5-10,14,20H,3-4,11-13,15H2,1-2H3,(H,25,29)(H,26,30)(H,27,28). The highest BCUT2D eigenvalue weighted by atomic mass is 16.5. The third-order valence-corrected chi connectivity index (χ3v) is 5.04.